The van der Waals surface area contributed by atoms with E-state index in [0.29, 0.717) is 12.2 Å². The maximum absolute atomic E-state index is 12.7. The van der Waals surface area contributed by atoms with Gasteiger partial charge < -0.3 is 38.3 Å². The fourth-order valence-electron chi connectivity index (χ4n) is 2.71. The van der Waals surface area contributed by atoms with Crippen molar-refractivity contribution < 1.29 is 33.9 Å². The van der Waals surface area contributed by atoms with Crippen LogP contribution in [0.2, 0.25) is 0 Å². The average Bonchev–Trinajstić information content (AvgIpc) is 2.68. The van der Waals surface area contributed by atoms with Gasteiger partial charge in [-0.25, -0.2) is 4.79 Å². The van der Waals surface area contributed by atoms with Gasteiger partial charge in [-0.05, 0) is 30.8 Å². The predicted molar refractivity (Wildman–Crippen MR) is 121 cm³/mol. The van der Waals surface area contributed by atoms with Gasteiger partial charge in [0.1, 0.15) is 18.1 Å². The topological polar surface area (TPSA) is 237 Å². The van der Waals surface area contributed by atoms with E-state index < -0.39 is 72.5 Å². The molecule has 188 valence electrons. The van der Waals surface area contributed by atoms with Crippen LogP contribution >= 0.6 is 11.8 Å². The van der Waals surface area contributed by atoms with E-state index in [9.17, 15) is 33.9 Å². The molecule has 10 N–H and O–H groups in total. The van der Waals surface area contributed by atoms with Gasteiger partial charge in [0.15, 0.2) is 0 Å². The third-order valence-corrected chi connectivity index (χ3v) is 5.01. The second-order valence-electron chi connectivity index (χ2n) is 7.88. The molecular weight excluding hydrogens is 456 g/mol. The molecule has 0 bridgehead atoms. The molecule has 13 nitrogen and oxygen atoms in total. The molecule has 4 atom stereocenters. The summed E-state index contributed by atoms with van der Waals surface area (Å²) in [6.07, 6.45) is 1.01. The van der Waals surface area contributed by atoms with E-state index in [1.807, 2.05) is 6.26 Å². The lowest BCUT2D eigenvalue weighted by molar-refractivity contribution is -0.143. The maximum Gasteiger partial charge on any atom is 0.326 e. The molecule has 0 spiro atoms. The quantitative estimate of drug-likeness (QED) is 0.120. The van der Waals surface area contributed by atoms with Gasteiger partial charge in [-0.2, -0.15) is 11.8 Å². The maximum atomic E-state index is 12.7. The molecule has 0 aromatic carbocycles. The number of carbonyl (C=O) groups excluding carboxylic acids is 5. The van der Waals surface area contributed by atoms with Gasteiger partial charge >= 0.3 is 5.97 Å². The number of aliphatic carboxylic acids is 1. The molecule has 0 saturated carbocycles. The van der Waals surface area contributed by atoms with Gasteiger partial charge in [-0.3, -0.25) is 24.0 Å². The summed E-state index contributed by atoms with van der Waals surface area (Å²) in [5.41, 5.74) is 16.1. The monoisotopic (exact) mass is 490 g/mol. The summed E-state index contributed by atoms with van der Waals surface area (Å²) in [5, 5.41) is 16.1. The zero-order valence-electron chi connectivity index (χ0n) is 19.0. The summed E-state index contributed by atoms with van der Waals surface area (Å²) in [5.74, 6) is -5.28. The Kier molecular flexibility index (Phi) is 13.7. The number of hydrogen-bond acceptors (Lipinski definition) is 8. The summed E-state index contributed by atoms with van der Waals surface area (Å²) >= 11 is 1.47. The number of nitrogens with one attached hydrogen (secondary N) is 3. The predicted octanol–water partition coefficient (Wildman–Crippen LogP) is -2.60. The lowest BCUT2D eigenvalue weighted by atomic mass is 10.0. The highest BCUT2D eigenvalue weighted by Gasteiger charge is 2.32. The van der Waals surface area contributed by atoms with Crippen LogP contribution in [0.5, 0.6) is 0 Å². The molecule has 0 aliphatic carbocycles. The van der Waals surface area contributed by atoms with Crippen LogP contribution in [0, 0.1) is 5.92 Å². The first kappa shape index (κ1) is 30.1. The van der Waals surface area contributed by atoms with E-state index in [1.54, 1.807) is 13.8 Å². The Hall–Kier alpha value is -2.87. The van der Waals surface area contributed by atoms with Gasteiger partial charge in [0.05, 0.1) is 18.9 Å². The van der Waals surface area contributed by atoms with Gasteiger partial charge in [0, 0.05) is 0 Å². The molecule has 0 aliphatic heterocycles. The standard InChI is InChI=1S/C19H34N6O7S/c1-9(2)6-13(19(31)32)25-18(30)12(8-15(22)27)24-17(29)11(7-14(21)26)23-16(28)10(20)4-5-33-3/h9-13H,4-8,20H2,1-3H3,(H2,21,26)(H2,22,27)(H,23,28)(H,24,29)(H,25,30)(H,31,32). The third kappa shape index (κ3) is 12.7. The minimum atomic E-state index is -1.54. The van der Waals surface area contributed by atoms with Crippen molar-refractivity contribution >= 4 is 47.3 Å². The van der Waals surface area contributed by atoms with Crippen molar-refractivity contribution in [2.75, 3.05) is 12.0 Å². The smallest absolute Gasteiger partial charge is 0.326 e. The Balaban J connectivity index is 5.50. The van der Waals surface area contributed by atoms with Crippen LogP contribution in [0.15, 0.2) is 0 Å². The number of rotatable bonds is 16. The van der Waals surface area contributed by atoms with Crippen LogP contribution in [0.3, 0.4) is 0 Å². The summed E-state index contributed by atoms with van der Waals surface area (Å²) in [6.45, 7) is 3.51. The Labute approximate surface area is 196 Å². The summed E-state index contributed by atoms with van der Waals surface area (Å²) in [6, 6.07) is -5.22. The lowest BCUT2D eigenvalue weighted by Crippen LogP contribution is -2.58. The summed E-state index contributed by atoms with van der Waals surface area (Å²) < 4.78 is 0. The average molecular weight is 491 g/mol. The minimum absolute atomic E-state index is 0.0685. The van der Waals surface area contributed by atoms with E-state index in [0.717, 1.165) is 0 Å². The molecule has 5 amide bonds. The highest BCUT2D eigenvalue weighted by molar-refractivity contribution is 7.98. The Bertz CT molecular complexity index is 733. The van der Waals surface area contributed by atoms with Crippen LogP contribution in [0.25, 0.3) is 0 Å². The molecule has 0 saturated heterocycles. The van der Waals surface area contributed by atoms with Crippen LogP contribution in [0.4, 0.5) is 0 Å². The normalized spacial score (nSPS) is 14.5. The second-order valence-corrected chi connectivity index (χ2v) is 8.87. The molecular formula is C19H34N6O7S. The number of carboxylic acids is 1. The van der Waals surface area contributed by atoms with Crippen molar-refractivity contribution in [3.05, 3.63) is 0 Å². The lowest BCUT2D eigenvalue weighted by Gasteiger charge is -2.24. The van der Waals surface area contributed by atoms with Crippen LogP contribution in [-0.4, -0.2) is 76.8 Å². The zero-order valence-corrected chi connectivity index (χ0v) is 19.8. The molecule has 0 aliphatic rings. The highest BCUT2D eigenvalue weighted by Crippen LogP contribution is 2.07. The largest absolute Gasteiger partial charge is 0.480 e. The van der Waals surface area contributed by atoms with Crippen LogP contribution in [0.1, 0.15) is 39.5 Å². The number of carbonyl (C=O) groups is 6. The first-order chi connectivity index (χ1) is 15.3. The van der Waals surface area contributed by atoms with E-state index >= 15 is 0 Å². The number of nitrogens with two attached hydrogens (primary N) is 3. The van der Waals surface area contributed by atoms with Crippen molar-refractivity contribution in [3.8, 4) is 0 Å². The van der Waals surface area contributed by atoms with E-state index in [1.165, 1.54) is 11.8 Å². The first-order valence-electron chi connectivity index (χ1n) is 10.2. The van der Waals surface area contributed by atoms with E-state index in [4.69, 9.17) is 17.2 Å². The zero-order chi connectivity index (χ0) is 25.7. The summed E-state index contributed by atoms with van der Waals surface area (Å²) in [7, 11) is 0. The second kappa shape index (κ2) is 15.1. The van der Waals surface area contributed by atoms with Gasteiger partial charge in [-0.15, -0.1) is 0 Å². The van der Waals surface area contributed by atoms with Crippen molar-refractivity contribution in [3.63, 3.8) is 0 Å². The fourth-order valence-corrected chi connectivity index (χ4v) is 3.20. The van der Waals surface area contributed by atoms with Gasteiger partial charge in [0.2, 0.25) is 29.5 Å². The number of thioether (sulfide) groups is 1. The molecule has 33 heavy (non-hydrogen) atoms. The minimum Gasteiger partial charge on any atom is -0.480 e. The Morgan fingerprint density at radius 3 is 1.61 bits per heavy atom. The molecule has 0 heterocycles. The fraction of sp³-hybridized carbons (Fsp3) is 0.684. The molecule has 0 fully saturated rings. The molecule has 0 radical (unpaired) electrons. The van der Waals surface area contributed by atoms with E-state index in [-0.39, 0.29) is 12.3 Å². The Morgan fingerprint density at radius 2 is 1.24 bits per heavy atom. The number of carboxylic acid groups (broad SMARTS) is 1. The Morgan fingerprint density at radius 1 is 0.818 bits per heavy atom. The molecule has 0 aromatic rings. The highest BCUT2D eigenvalue weighted by atomic mass is 32.2. The third-order valence-electron chi connectivity index (χ3n) is 4.37. The number of amides is 5. The summed E-state index contributed by atoms with van der Waals surface area (Å²) in [4.78, 5) is 71.8. The van der Waals surface area contributed by atoms with Gasteiger partial charge in [-0.1, -0.05) is 13.8 Å². The van der Waals surface area contributed by atoms with Gasteiger partial charge in [0.25, 0.3) is 0 Å². The number of primary amides is 2. The first-order valence-corrected chi connectivity index (χ1v) is 11.6. The SMILES string of the molecule is CSCCC(N)C(=O)NC(CC(N)=O)C(=O)NC(CC(N)=O)C(=O)NC(CC(C)C)C(=O)O. The van der Waals surface area contributed by atoms with Crippen molar-refractivity contribution in [2.45, 2.75) is 63.7 Å². The molecule has 14 heteroatoms. The molecule has 0 aromatic heterocycles. The molecule has 0 rings (SSSR count). The van der Waals surface area contributed by atoms with Crippen LogP contribution in [-0.2, 0) is 28.8 Å². The van der Waals surface area contributed by atoms with Crippen molar-refractivity contribution in [1.29, 1.82) is 0 Å². The van der Waals surface area contributed by atoms with Crippen molar-refractivity contribution in [2.24, 2.45) is 23.1 Å². The van der Waals surface area contributed by atoms with Crippen molar-refractivity contribution in [1.82, 2.24) is 16.0 Å². The molecule has 4 unspecified atom stereocenters. The number of hydrogen-bond donors (Lipinski definition) is 7. The van der Waals surface area contributed by atoms with E-state index in [2.05, 4.69) is 16.0 Å². The van der Waals surface area contributed by atoms with Crippen LogP contribution < -0.4 is 33.2 Å².